The van der Waals surface area contributed by atoms with Crippen LogP contribution in [0.15, 0.2) is 42.5 Å². The van der Waals surface area contributed by atoms with Gasteiger partial charge in [0.05, 0.1) is 0 Å². The smallest absolute Gasteiger partial charge is 0.128 e. The molecule has 3 rings (SSSR count). The SMILES string of the molecule is CC[C@@H](C)N(C)c1ccc2c(n1)CCN(Cc1ccccc1)C2. The summed E-state index contributed by atoms with van der Waals surface area (Å²) in [5.74, 6) is 1.11. The highest BCUT2D eigenvalue weighted by molar-refractivity contribution is 5.42. The Hall–Kier alpha value is -1.87. The molecule has 23 heavy (non-hydrogen) atoms. The number of aromatic nitrogens is 1. The number of rotatable bonds is 5. The van der Waals surface area contributed by atoms with Gasteiger partial charge in [0.15, 0.2) is 0 Å². The van der Waals surface area contributed by atoms with E-state index in [0.717, 1.165) is 38.3 Å². The van der Waals surface area contributed by atoms with Crippen molar-refractivity contribution < 1.29 is 0 Å². The van der Waals surface area contributed by atoms with Crippen molar-refractivity contribution in [1.82, 2.24) is 9.88 Å². The Morgan fingerprint density at radius 3 is 2.70 bits per heavy atom. The lowest BCUT2D eigenvalue weighted by atomic mass is 10.0. The second-order valence-electron chi connectivity index (χ2n) is 6.59. The summed E-state index contributed by atoms with van der Waals surface area (Å²) in [5, 5.41) is 0. The van der Waals surface area contributed by atoms with Gasteiger partial charge in [-0.05, 0) is 30.5 Å². The summed E-state index contributed by atoms with van der Waals surface area (Å²) in [6.45, 7) is 7.59. The van der Waals surface area contributed by atoms with E-state index in [1.807, 2.05) is 0 Å². The Labute approximate surface area is 140 Å². The van der Waals surface area contributed by atoms with Crippen molar-refractivity contribution in [1.29, 1.82) is 0 Å². The van der Waals surface area contributed by atoms with Crippen LogP contribution in [0.1, 0.15) is 37.1 Å². The van der Waals surface area contributed by atoms with E-state index in [1.165, 1.54) is 16.8 Å². The van der Waals surface area contributed by atoms with Crippen molar-refractivity contribution in [3.8, 4) is 0 Å². The Kier molecular flexibility index (Phi) is 4.97. The van der Waals surface area contributed by atoms with Gasteiger partial charge in [0.1, 0.15) is 5.82 Å². The van der Waals surface area contributed by atoms with E-state index >= 15 is 0 Å². The quantitative estimate of drug-likeness (QED) is 0.835. The van der Waals surface area contributed by atoms with Crippen molar-refractivity contribution >= 4 is 5.82 Å². The Balaban J connectivity index is 1.70. The van der Waals surface area contributed by atoms with Crippen molar-refractivity contribution in [3.05, 3.63) is 59.3 Å². The summed E-state index contributed by atoms with van der Waals surface area (Å²) in [6.07, 6.45) is 2.18. The third-order valence-corrected chi connectivity index (χ3v) is 4.97. The summed E-state index contributed by atoms with van der Waals surface area (Å²) in [4.78, 5) is 9.72. The van der Waals surface area contributed by atoms with E-state index in [2.05, 4.69) is 73.2 Å². The second kappa shape index (κ2) is 7.14. The van der Waals surface area contributed by atoms with Crippen LogP contribution in [0, 0.1) is 0 Å². The standard InChI is InChI=1S/C20H27N3/c1-4-16(2)22(3)20-11-10-18-15-23(13-12-19(18)21-20)14-17-8-6-5-7-9-17/h5-11,16H,4,12-15H2,1-3H3/t16-/m1/s1. The minimum Gasteiger partial charge on any atom is -0.357 e. The van der Waals surface area contributed by atoms with E-state index < -0.39 is 0 Å². The molecule has 122 valence electrons. The van der Waals surface area contributed by atoms with Gasteiger partial charge in [-0.3, -0.25) is 4.90 Å². The van der Waals surface area contributed by atoms with E-state index in [4.69, 9.17) is 4.98 Å². The second-order valence-corrected chi connectivity index (χ2v) is 6.59. The molecule has 0 saturated heterocycles. The molecular weight excluding hydrogens is 282 g/mol. The molecule has 3 heteroatoms. The zero-order chi connectivity index (χ0) is 16.2. The average molecular weight is 309 g/mol. The highest BCUT2D eigenvalue weighted by atomic mass is 15.2. The van der Waals surface area contributed by atoms with Crippen LogP contribution in [0.5, 0.6) is 0 Å². The van der Waals surface area contributed by atoms with E-state index in [9.17, 15) is 0 Å². The lowest BCUT2D eigenvalue weighted by molar-refractivity contribution is 0.243. The Bertz CT molecular complexity index is 639. The highest BCUT2D eigenvalue weighted by Gasteiger charge is 2.19. The first kappa shape index (κ1) is 16.0. The number of nitrogens with zero attached hydrogens (tertiary/aromatic N) is 3. The summed E-state index contributed by atoms with van der Waals surface area (Å²) in [6, 6.07) is 15.7. The van der Waals surface area contributed by atoms with Crippen LogP contribution in [0.3, 0.4) is 0 Å². The normalized spacial score (nSPS) is 16.0. The molecule has 2 aromatic rings. The van der Waals surface area contributed by atoms with Crippen LogP contribution < -0.4 is 4.90 Å². The minimum atomic E-state index is 0.527. The first-order valence-corrected chi connectivity index (χ1v) is 8.65. The number of fused-ring (bicyclic) bond motifs is 1. The maximum absolute atomic E-state index is 4.92. The molecule has 0 N–H and O–H groups in total. The molecule has 0 bridgehead atoms. The molecule has 0 unspecified atom stereocenters. The van der Waals surface area contributed by atoms with Gasteiger partial charge in [-0.25, -0.2) is 4.98 Å². The largest absolute Gasteiger partial charge is 0.357 e. The third kappa shape index (κ3) is 3.73. The molecule has 1 aliphatic rings. The molecule has 0 amide bonds. The minimum absolute atomic E-state index is 0.527. The monoisotopic (exact) mass is 309 g/mol. The predicted octanol–water partition coefficient (Wildman–Crippen LogP) is 3.87. The molecule has 1 atom stereocenters. The van der Waals surface area contributed by atoms with E-state index in [0.29, 0.717) is 6.04 Å². The molecule has 2 heterocycles. The van der Waals surface area contributed by atoms with Crippen LogP contribution in [-0.2, 0) is 19.5 Å². The third-order valence-electron chi connectivity index (χ3n) is 4.97. The number of anilines is 1. The fraction of sp³-hybridized carbons (Fsp3) is 0.450. The lowest BCUT2D eigenvalue weighted by Gasteiger charge is -2.30. The van der Waals surface area contributed by atoms with Crippen LogP contribution >= 0.6 is 0 Å². The molecule has 0 radical (unpaired) electrons. The van der Waals surface area contributed by atoms with Crippen LogP contribution in [0.2, 0.25) is 0 Å². The number of hydrogen-bond donors (Lipinski definition) is 0. The van der Waals surface area contributed by atoms with Gasteiger partial charge in [0.25, 0.3) is 0 Å². The van der Waals surface area contributed by atoms with Crippen LogP contribution in [0.4, 0.5) is 5.82 Å². The maximum atomic E-state index is 4.92. The Morgan fingerprint density at radius 1 is 1.17 bits per heavy atom. The molecule has 3 nitrogen and oxygen atoms in total. The fourth-order valence-corrected chi connectivity index (χ4v) is 3.14. The van der Waals surface area contributed by atoms with Crippen LogP contribution in [-0.4, -0.2) is 29.5 Å². The number of benzene rings is 1. The van der Waals surface area contributed by atoms with Gasteiger partial charge < -0.3 is 4.90 Å². The molecule has 0 fully saturated rings. The number of hydrogen-bond acceptors (Lipinski definition) is 3. The average Bonchev–Trinajstić information content (AvgIpc) is 2.61. The van der Waals surface area contributed by atoms with Gasteiger partial charge in [0.2, 0.25) is 0 Å². The van der Waals surface area contributed by atoms with E-state index in [1.54, 1.807) is 0 Å². The summed E-state index contributed by atoms with van der Waals surface area (Å²) < 4.78 is 0. The fourth-order valence-electron chi connectivity index (χ4n) is 3.14. The molecule has 0 aliphatic carbocycles. The van der Waals surface area contributed by atoms with Crippen molar-refractivity contribution in [3.63, 3.8) is 0 Å². The summed E-state index contributed by atoms with van der Waals surface area (Å²) in [7, 11) is 2.15. The first-order valence-electron chi connectivity index (χ1n) is 8.65. The summed E-state index contributed by atoms with van der Waals surface area (Å²) in [5.41, 5.74) is 4.05. The predicted molar refractivity (Wildman–Crippen MR) is 96.7 cm³/mol. The van der Waals surface area contributed by atoms with E-state index in [-0.39, 0.29) is 0 Å². The zero-order valence-corrected chi connectivity index (χ0v) is 14.5. The summed E-state index contributed by atoms with van der Waals surface area (Å²) >= 11 is 0. The first-order chi connectivity index (χ1) is 11.2. The molecule has 1 aromatic heterocycles. The van der Waals surface area contributed by atoms with Gasteiger partial charge in [-0.1, -0.05) is 43.3 Å². The van der Waals surface area contributed by atoms with Crippen molar-refractivity contribution in [2.75, 3.05) is 18.5 Å². The van der Waals surface area contributed by atoms with Gasteiger partial charge in [0, 0.05) is 44.8 Å². The zero-order valence-electron chi connectivity index (χ0n) is 14.5. The van der Waals surface area contributed by atoms with Gasteiger partial charge >= 0.3 is 0 Å². The number of pyridine rings is 1. The topological polar surface area (TPSA) is 19.4 Å². The highest BCUT2D eigenvalue weighted by Crippen LogP contribution is 2.23. The Morgan fingerprint density at radius 2 is 1.96 bits per heavy atom. The van der Waals surface area contributed by atoms with Gasteiger partial charge in [-0.15, -0.1) is 0 Å². The molecule has 1 aliphatic heterocycles. The van der Waals surface area contributed by atoms with Crippen molar-refractivity contribution in [2.24, 2.45) is 0 Å². The maximum Gasteiger partial charge on any atom is 0.128 e. The molecule has 0 saturated carbocycles. The van der Waals surface area contributed by atoms with Crippen molar-refractivity contribution in [2.45, 2.75) is 45.8 Å². The molecular formula is C20H27N3. The molecule has 1 aromatic carbocycles. The lowest BCUT2D eigenvalue weighted by Crippen LogP contribution is -2.32. The molecule has 0 spiro atoms. The van der Waals surface area contributed by atoms with Crippen LogP contribution in [0.25, 0.3) is 0 Å². The van der Waals surface area contributed by atoms with Gasteiger partial charge in [-0.2, -0.15) is 0 Å².